The van der Waals surface area contributed by atoms with Gasteiger partial charge in [-0.2, -0.15) is 0 Å². The zero-order valence-corrected chi connectivity index (χ0v) is 20.7. The summed E-state index contributed by atoms with van der Waals surface area (Å²) >= 11 is 0. The van der Waals surface area contributed by atoms with Crippen LogP contribution < -0.4 is 10.4 Å². The second-order valence-electron chi connectivity index (χ2n) is 8.40. The van der Waals surface area contributed by atoms with Crippen molar-refractivity contribution in [3.05, 3.63) is 60.7 Å². The van der Waals surface area contributed by atoms with E-state index in [1.54, 1.807) is 14.2 Å². The van der Waals surface area contributed by atoms with Gasteiger partial charge < -0.3 is 18.3 Å². The molecule has 0 radical (unpaired) electrons. The van der Waals surface area contributed by atoms with Gasteiger partial charge in [0.05, 0.1) is 0 Å². The number of hydrogen-bond donors (Lipinski definition) is 0. The topological polar surface area (TPSA) is 36.9 Å². The van der Waals surface area contributed by atoms with Crippen LogP contribution in [0.15, 0.2) is 60.7 Å². The maximum Gasteiger partial charge on any atom is 0.407 e. The fourth-order valence-corrected chi connectivity index (χ4v) is 6.75. The summed E-state index contributed by atoms with van der Waals surface area (Å²) < 4.78 is 24.0. The molecule has 0 aliphatic carbocycles. The summed E-state index contributed by atoms with van der Waals surface area (Å²) in [7, 11) is 0.708. The van der Waals surface area contributed by atoms with Crippen LogP contribution in [-0.4, -0.2) is 49.2 Å². The van der Waals surface area contributed by atoms with E-state index in [4.69, 9.17) is 18.3 Å². The van der Waals surface area contributed by atoms with Crippen LogP contribution in [-0.2, 0) is 18.3 Å². The molecule has 2 aromatic rings. The van der Waals surface area contributed by atoms with Gasteiger partial charge in [-0.05, 0) is 47.9 Å². The SMILES string of the molecule is COCCC(C)CCO[Si](OCCC(C)CCOC)(c1ccccc1)c1ccccc1. The average molecular weight is 445 g/mol. The lowest BCUT2D eigenvalue weighted by atomic mass is 10.1. The molecule has 2 rings (SSSR count). The predicted octanol–water partition coefficient (Wildman–Crippen LogP) is 4.40. The van der Waals surface area contributed by atoms with Gasteiger partial charge in [0.15, 0.2) is 0 Å². The second kappa shape index (κ2) is 14.5. The molecule has 0 saturated heterocycles. The van der Waals surface area contributed by atoms with Crippen LogP contribution in [0.4, 0.5) is 0 Å². The van der Waals surface area contributed by atoms with Crippen LogP contribution in [0, 0.1) is 11.8 Å². The molecule has 0 saturated carbocycles. The van der Waals surface area contributed by atoms with Crippen molar-refractivity contribution in [2.45, 2.75) is 39.5 Å². The first-order chi connectivity index (χ1) is 15.1. The normalized spacial score (nSPS) is 13.8. The Labute approximate surface area is 190 Å². The van der Waals surface area contributed by atoms with Crippen LogP contribution in [0.1, 0.15) is 39.5 Å². The Hall–Kier alpha value is -1.50. The minimum Gasteiger partial charge on any atom is -0.388 e. The third kappa shape index (κ3) is 8.51. The van der Waals surface area contributed by atoms with Gasteiger partial charge in [-0.15, -0.1) is 0 Å². The molecule has 0 bridgehead atoms. The Morgan fingerprint density at radius 2 is 0.935 bits per heavy atom. The van der Waals surface area contributed by atoms with E-state index in [2.05, 4.69) is 62.4 Å². The lowest BCUT2D eigenvalue weighted by Gasteiger charge is -2.32. The monoisotopic (exact) mass is 444 g/mol. The largest absolute Gasteiger partial charge is 0.407 e. The predicted molar refractivity (Wildman–Crippen MR) is 130 cm³/mol. The van der Waals surface area contributed by atoms with Crippen molar-refractivity contribution >= 4 is 18.9 Å². The van der Waals surface area contributed by atoms with E-state index in [1.807, 2.05) is 12.1 Å². The van der Waals surface area contributed by atoms with Crippen LogP contribution in [0.5, 0.6) is 0 Å². The van der Waals surface area contributed by atoms with Crippen LogP contribution in [0.25, 0.3) is 0 Å². The van der Waals surface area contributed by atoms with E-state index in [0.29, 0.717) is 25.0 Å². The Morgan fingerprint density at radius 3 is 1.29 bits per heavy atom. The highest BCUT2D eigenvalue weighted by Gasteiger charge is 2.42. The van der Waals surface area contributed by atoms with Gasteiger partial charge >= 0.3 is 8.56 Å². The summed E-state index contributed by atoms with van der Waals surface area (Å²) in [5, 5.41) is 2.32. The van der Waals surface area contributed by atoms with Crippen LogP contribution >= 0.6 is 0 Å². The van der Waals surface area contributed by atoms with Gasteiger partial charge in [0, 0.05) is 40.6 Å². The summed E-state index contributed by atoms with van der Waals surface area (Å²) in [5.41, 5.74) is 0. The Kier molecular flexibility index (Phi) is 12.1. The van der Waals surface area contributed by atoms with Gasteiger partial charge in [-0.1, -0.05) is 74.5 Å². The molecule has 0 fully saturated rings. The average Bonchev–Trinajstić information content (AvgIpc) is 2.81. The molecular weight excluding hydrogens is 404 g/mol. The highest BCUT2D eigenvalue weighted by molar-refractivity contribution is 6.92. The highest BCUT2D eigenvalue weighted by Crippen LogP contribution is 2.16. The molecule has 2 aromatic carbocycles. The molecule has 0 heterocycles. The molecule has 5 heteroatoms. The van der Waals surface area contributed by atoms with E-state index in [0.717, 1.165) is 49.3 Å². The van der Waals surface area contributed by atoms with E-state index in [1.165, 1.54) is 0 Å². The van der Waals surface area contributed by atoms with Crippen molar-refractivity contribution in [2.75, 3.05) is 40.6 Å². The Bertz CT molecular complexity index is 634. The minimum atomic E-state index is -2.81. The molecule has 4 nitrogen and oxygen atoms in total. The first kappa shape index (κ1) is 25.8. The van der Waals surface area contributed by atoms with Crippen molar-refractivity contribution in [3.8, 4) is 0 Å². The second-order valence-corrected chi connectivity index (χ2v) is 11.4. The zero-order chi connectivity index (χ0) is 22.4. The Balaban J connectivity index is 2.20. The summed E-state index contributed by atoms with van der Waals surface area (Å²) in [4.78, 5) is 0. The van der Waals surface area contributed by atoms with Gasteiger partial charge in [0.2, 0.25) is 0 Å². The van der Waals surface area contributed by atoms with Crippen molar-refractivity contribution in [2.24, 2.45) is 11.8 Å². The molecule has 172 valence electrons. The number of hydrogen-bond acceptors (Lipinski definition) is 4. The fourth-order valence-electron chi connectivity index (χ4n) is 3.59. The molecule has 0 aliphatic heterocycles. The first-order valence-corrected chi connectivity index (χ1v) is 13.3. The van der Waals surface area contributed by atoms with E-state index in [-0.39, 0.29) is 0 Å². The Morgan fingerprint density at radius 1 is 0.581 bits per heavy atom. The van der Waals surface area contributed by atoms with E-state index in [9.17, 15) is 0 Å². The van der Waals surface area contributed by atoms with Gasteiger partial charge in [0.25, 0.3) is 0 Å². The smallest absolute Gasteiger partial charge is 0.388 e. The minimum absolute atomic E-state index is 0.548. The number of benzene rings is 2. The van der Waals surface area contributed by atoms with Crippen molar-refractivity contribution in [1.82, 2.24) is 0 Å². The maximum atomic E-state index is 6.77. The van der Waals surface area contributed by atoms with Crippen LogP contribution in [0.3, 0.4) is 0 Å². The summed E-state index contributed by atoms with van der Waals surface area (Å²) in [6.07, 6.45) is 4.07. The molecule has 31 heavy (non-hydrogen) atoms. The quantitative estimate of drug-likeness (QED) is 0.360. The van der Waals surface area contributed by atoms with Gasteiger partial charge in [-0.25, -0.2) is 0 Å². The molecule has 0 aromatic heterocycles. The lowest BCUT2D eigenvalue weighted by molar-refractivity contribution is 0.148. The zero-order valence-electron chi connectivity index (χ0n) is 19.7. The van der Waals surface area contributed by atoms with Crippen molar-refractivity contribution in [3.63, 3.8) is 0 Å². The molecule has 2 unspecified atom stereocenters. The molecule has 2 atom stereocenters. The molecule has 0 aliphatic rings. The third-order valence-electron chi connectivity index (χ3n) is 5.77. The van der Waals surface area contributed by atoms with Crippen molar-refractivity contribution < 1.29 is 18.3 Å². The maximum absolute atomic E-state index is 6.77. The van der Waals surface area contributed by atoms with Crippen molar-refractivity contribution in [1.29, 1.82) is 0 Å². The lowest BCUT2D eigenvalue weighted by Crippen LogP contribution is -2.63. The van der Waals surface area contributed by atoms with Crippen LogP contribution in [0.2, 0.25) is 0 Å². The molecule has 0 spiro atoms. The van der Waals surface area contributed by atoms with E-state index < -0.39 is 8.56 Å². The first-order valence-electron chi connectivity index (χ1n) is 11.5. The summed E-state index contributed by atoms with van der Waals surface area (Å²) in [6.45, 7) is 7.46. The summed E-state index contributed by atoms with van der Waals surface area (Å²) in [5.74, 6) is 1.10. The van der Waals surface area contributed by atoms with E-state index >= 15 is 0 Å². The molecule has 0 amide bonds. The third-order valence-corrected chi connectivity index (χ3v) is 9.18. The highest BCUT2D eigenvalue weighted by atomic mass is 28.4. The van der Waals surface area contributed by atoms with Gasteiger partial charge in [0.1, 0.15) is 0 Å². The number of rotatable bonds is 16. The number of ether oxygens (including phenoxy) is 2. The standard InChI is InChI=1S/C26H40O4Si/c1-23(15-19-27-3)17-21-29-31(25-11-7-5-8-12-25,26-13-9-6-10-14-26)30-22-18-24(2)16-20-28-4/h5-14,23-24H,15-22H2,1-4H3. The molecular formula is C26H40O4Si. The fraction of sp³-hybridized carbons (Fsp3) is 0.538. The number of methoxy groups -OCH3 is 2. The summed E-state index contributed by atoms with van der Waals surface area (Å²) in [6, 6.07) is 21.0. The van der Waals surface area contributed by atoms with Gasteiger partial charge in [-0.3, -0.25) is 0 Å². The molecule has 0 N–H and O–H groups in total.